The number of halogens is 2. The zero-order chi connectivity index (χ0) is 23.0. The maximum absolute atomic E-state index is 12.9. The Kier molecular flexibility index (Phi) is 6.30. The van der Waals surface area contributed by atoms with Crippen LogP contribution in [-0.2, 0) is 10.4 Å². The first-order valence-electron chi connectivity index (χ1n) is 10.6. The maximum atomic E-state index is 12.9. The van der Waals surface area contributed by atoms with Crippen LogP contribution in [0, 0.1) is 5.92 Å². The van der Waals surface area contributed by atoms with E-state index in [0.29, 0.717) is 21.8 Å². The molecule has 8 heteroatoms. The van der Waals surface area contributed by atoms with Gasteiger partial charge in [0.1, 0.15) is 6.29 Å². The van der Waals surface area contributed by atoms with Gasteiger partial charge in [-0.2, -0.15) is 5.10 Å². The number of hydrogen-bond donors (Lipinski definition) is 2. The van der Waals surface area contributed by atoms with Crippen molar-refractivity contribution in [1.29, 1.82) is 0 Å². The third-order valence-corrected chi connectivity index (χ3v) is 6.60. The molecule has 3 aromatic rings. The van der Waals surface area contributed by atoms with E-state index in [-0.39, 0.29) is 17.0 Å². The maximum Gasteiger partial charge on any atom is 0.257 e. The van der Waals surface area contributed by atoms with E-state index < -0.39 is 11.5 Å². The highest BCUT2D eigenvalue weighted by molar-refractivity contribution is 6.37. The Morgan fingerprint density at radius 1 is 1.19 bits per heavy atom. The Balaban J connectivity index is 1.68. The van der Waals surface area contributed by atoms with Crippen LogP contribution in [0.3, 0.4) is 0 Å². The van der Waals surface area contributed by atoms with Gasteiger partial charge in [-0.05, 0) is 69.9 Å². The van der Waals surface area contributed by atoms with E-state index in [4.69, 9.17) is 28.3 Å². The minimum atomic E-state index is -1.20. The lowest BCUT2D eigenvalue weighted by atomic mass is 9.87. The molecular formula is C24H25Cl2N3O3. The number of carbonyl (C=O) groups is 2. The smallest absolute Gasteiger partial charge is 0.257 e. The van der Waals surface area contributed by atoms with Crippen molar-refractivity contribution in [3.05, 3.63) is 57.7 Å². The average molecular weight is 474 g/mol. The number of aldehydes is 1. The highest BCUT2D eigenvalue weighted by Crippen LogP contribution is 2.35. The molecule has 4 rings (SSSR count). The number of fused-ring (bicyclic) bond motifs is 1. The molecule has 0 unspecified atom stereocenters. The first-order chi connectivity index (χ1) is 15.2. The van der Waals surface area contributed by atoms with Gasteiger partial charge in [0, 0.05) is 33.8 Å². The zero-order valence-corrected chi connectivity index (χ0v) is 19.5. The summed E-state index contributed by atoms with van der Waals surface area (Å²) in [4.78, 5) is 23.9. The van der Waals surface area contributed by atoms with Crippen molar-refractivity contribution in [3.63, 3.8) is 0 Å². The average Bonchev–Trinajstić information content (AvgIpc) is 3.15. The van der Waals surface area contributed by atoms with Gasteiger partial charge in [-0.25, -0.2) is 0 Å². The predicted molar refractivity (Wildman–Crippen MR) is 126 cm³/mol. The van der Waals surface area contributed by atoms with E-state index in [1.165, 1.54) is 6.07 Å². The van der Waals surface area contributed by atoms with Crippen LogP contribution in [0.15, 0.2) is 36.5 Å². The number of amides is 1. The van der Waals surface area contributed by atoms with Crippen molar-refractivity contribution in [3.8, 4) is 0 Å². The van der Waals surface area contributed by atoms with Gasteiger partial charge in [-0.15, -0.1) is 0 Å². The molecule has 2 aromatic carbocycles. The van der Waals surface area contributed by atoms with E-state index in [1.807, 2.05) is 23.0 Å². The van der Waals surface area contributed by atoms with Gasteiger partial charge in [0.2, 0.25) is 0 Å². The fourth-order valence-electron chi connectivity index (χ4n) is 4.25. The Hall–Kier alpha value is -2.41. The Labute approximate surface area is 196 Å². The van der Waals surface area contributed by atoms with Crippen LogP contribution < -0.4 is 5.32 Å². The van der Waals surface area contributed by atoms with Crippen LogP contribution in [0.4, 0.5) is 5.69 Å². The van der Waals surface area contributed by atoms with Gasteiger partial charge < -0.3 is 15.2 Å². The summed E-state index contributed by atoms with van der Waals surface area (Å²) in [6, 6.07) is 8.55. The van der Waals surface area contributed by atoms with E-state index >= 15 is 0 Å². The van der Waals surface area contributed by atoms with Crippen LogP contribution >= 0.6 is 23.2 Å². The van der Waals surface area contributed by atoms with Gasteiger partial charge in [0.15, 0.2) is 0 Å². The molecular weight excluding hydrogens is 449 g/mol. The second-order valence-electron chi connectivity index (χ2n) is 8.91. The molecule has 0 aliphatic heterocycles. The van der Waals surface area contributed by atoms with Crippen molar-refractivity contribution < 1.29 is 14.7 Å². The summed E-state index contributed by atoms with van der Waals surface area (Å²) in [7, 11) is 0. The van der Waals surface area contributed by atoms with E-state index in [9.17, 15) is 14.7 Å². The van der Waals surface area contributed by atoms with Gasteiger partial charge >= 0.3 is 0 Å². The van der Waals surface area contributed by atoms with Gasteiger partial charge in [-0.1, -0.05) is 23.2 Å². The highest BCUT2D eigenvalue weighted by Gasteiger charge is 2.26. The van der Waals surface area contributed by atoms with Crippen LogP contribution in [0.25, 0.3) is 10.9 Å². The summed E-state index contributed by atoms with van der Waals surface area (Å²) >= 11 is 12.1. The number of hydrogen-bond acceptors (Lipinski definition) is 4. The zero-order valence-electron chi connectivity index (χ0n) is 17.9. The molecule has 0 saturated heterocycles. The second-order valence-corrected chi connectivity index (χ2v) is 9.75. The fraction of sp³-hybridized carbons (Fsp3) is 0.375. The summed E-state index contributed by atoms with van der Waals surface area (Å²) in [5.74, 6) is -0.254. The molecule has 32 heavy (non-hydrogen) atoms. The summed E-state index contributed by atoms with van der Waals surface area (Å²) in [6.45, 7) is 3.33. The molecule has 1 amide bonds. The number of benzene rings is 2. The molecule has 6 nitrogen and oxygen atoms in total. The molecule has 1 heterocycles. The molecule has 0 radical (unpaired) electrons. The van der Waals surface area contributed by atoms with Crippen molar-refractivity contribution >= 4 is 52.0 Å². The van der Waals surface area contributed by atoms with Crippen molar-refractivity contribution in [2.24, 2.45) is 5.92 Å². The number of aliphatic hydroxyl groups is 1. The fourth-order valence-corrected chi connectivity index (χ4v) is 4.75. The van der Waals surface area contributed by atoms with Gasteiger partial charge in [0.05, 0.1) is 27.7 Å². The van der Waals surface area contributed by atoms with Crippen LogP contribution in [0.1, 0.15) is 61.5 Å². The third kappa shape index (κ3) is 4.68. The lowest BCUT2D eigenvalue weighted by molar-refractivity contribution is -0.112. The molecule has 168 valence electrons. The van der Waals surface area contributed by atoms with Crippen molar-refractivity contribution in [1.82, 2.24) is 9.78 Å². The topological polar surface area (TPSA) is 84.2 Å². The lowest BCUT2D eigenvalue weighted by Gasteiger charge is -2.25. The molecule has 1 aromatic heterocycles. The summed E-state index contributed by atoms with van der Waals surface area (Å²) in [5.41, 5.74) is 0.873. The van der Waals surface area contributed by atoms with Crippen LogP contribution in [0.2, 0.25) is 10.0 Å². The molecule has 2 N–H and O–H groups in total. The standard InChI is InChI=1S/C24H25Cl2N3O3/c1-24(2,32)19-11-21-15(12-29(28-21)17-6-3-14(13-30)4-7-17)9-22(19)27-23(31)18-8-5-16(25)10-20(18)26/h5,8-14,17,32H,3-4,6-7H2,1-2H3,(H,27,31). The quantitative estimate of drug-likeness (QED) is 0.461. The monoisotopic (exact) mass is 473 g/mol. The van der Waals surface area contributed by atoms with E-state index in [1.54, 1.807) is 26.0 Å². The Bertz CT molecular complexity index is 1180. The summed E-state index contributed by atoms with van der Waals surface area (Å²) < 4.78 is 1.95. The number of nitrogens with zero attached hydrogens (tertiary/aromatic N) is 2. The van der Waals surface area contributed by atoms with Gasteiger partial charge in [0.25, 0.3) is 5.91 Å². The largest absolute Gasteiger partial charge is 0.386 e. The summed E-state index contributed by atoms with van der Waals surface area (Å²) in [6.07, 6.45) is 6.53. The number of rotatable bonds is 5. The molecule has 0 atom stereocenters. The molecule has 1 fully saturated rings. The normalized spacial score (nSPS) is 19.2. The number of anilines is 1. The van der Waals surface area contributed by atoms with E-state index in [0.717, 1.165) is 42.9 Å². The highest BCUT2D eigenvalue weighted by atomic mass is 35.5. The number of aromatic nitrogens is 2. The molecule has 1 aliphatic rings. The predicted octanol–water partition coefficient (Wildman–Crippen LogP) is 5.75. The second kappa shape index (κ2) is 8.85. The summed E-state index contributed by atoms with van der Waals surface area (Å²) in [5, 5.41) is 19.9. The van der Waals surface area contributed by atoms with Crippen molar-refractivity contribution in [2.75, 3.05) is 5.32 Å². The molecule has 0 bridgehead atoms. The Morgan fingerprint density at radius 3 is 2.53 bits per heavy atom. The SMILES string of the molecule is CC(C)(O)c1cc2nn(C3CCC(C=O)CC3)cc2cc1NC(=O)c1ccc(Cl)cc1Cl. The van der Waals surface area contributed by atoms with Gasteiger partial charge in [-0.3, -0.25) is 9.48 Å². The Morgan fingerprint density at radius 2 is 1.91 bits per heavy atom. The van der Waals surface area contributed by atoms with E-state index in [2.05, 4.69) is 5.32 Å². The van der Waals surface area contributed by atoms with Crippen LogP contribution in [0.5, 0.6) is 0 Å². The number of carbonyl (C=O) groups excluding carboxylic acids is 2. The van der Waals surface area contributed by atoms with Crippen molar-refractivity contribution in [2.45, 2.75) is 51.2 Å². The lowest BCUT2D eigenvalue weighted by Crippen LogP contribution is -2.21. The molecule has 1 aliphatic carbocycles. The minimum absolute atomic E-state index is 0.138. The van der Waals surface area contributed by atoms with Crippen LogP contribution in [-0.4, -0.2) is 27.1 Å². The minimum Gasteiger partial charge on any atom is -0.386 e. The number of nitrogens with one attached hydrogen (secondary N) is 1. The first-order valence-corrected chi connectivity index (χ1v) is 11.4. The third-order valence-electron chi connectivity index (χ3n) is 6.05. The molecule has 0 spiro atoms. The first kappa shape index (κ1) is 22.8. The molecule has 1 saturated carbocycles.